The van der Waals surface area contributed by atoms with Crippen LogP contribution in [0.15, 0.2) is 48.5 Å². The Kier molecular flexibility index (Phi) is 3.31. The lowest BCUT2D eigenvalue weighted by Gasteiger charge is -2.05. The summed E-state index contributed by atoms with van der Waals surface area (Å²) in [6, 6.07) is 12.8. The molecule has 0 unspecified atom stereocenters. The maximum atomic E-state index is 13.6. The molecule has 0 fully saturated rings. The molecule has 0 atom stereocenters. The van der Waals surface area contributed by atoms with Gasteiger partial charge in [0.2, 0.25) is 0 Å². The van der Waals surface area contributed by atoms with Crippen molar-refractivity contribution in [3.05, 3.63) is 54.3 Å². The van der Waals surface area contributed by atoms with E-state index < -0.39 is 22.0 Å². The highest BCUT2D eigenvalue weighted by Gasteiger charge is 2.12. The average molecular weight is 268 g/mol. The van der Waals surface area contributed by atoms with Crippen molar-refractivity contribution in [3.8, 4) is 16.9 Å². The van der Waals surface area contributed by atoms with Crippen molar-refractivity contribution in [1.29, 1.82) is 0 Å². The van der Waals surface area contributed by atoms with E-state index in [-0.39, 0.29) is 0 Å². The van der Waals surface area contributed by atoms with Gasteiger partial charge in [-0.25, -0.2) is 4.39 Å². The van der Waals surface area contributed by atoms with E-state index in [1.165, 1.54) is 6.07 Å². The molecule has 2 aromatic carbocycles. The monoisotopic (exact) mass is 268 g/mol. The minimum absolute atomic E-state index is 0.544. The van der Waals surface area contributed by atoms with Crippen molar-refractivity contribution in [1.82, 2.24) is 0 Å². The maximum absolute atomic E-state index is 13.6. The maximum Gasteiger partial charge on any atom is 0.446 e. The zero-order valence-electron chi connectivity index (χ0n) is 9.08. The first-order chi connectivity index (χ1) is 8.46. The standard InChI is InChI=1S/C12H9FO4S/c13-11-8-10(9-4-2-1-3-5-9)6-7-12(11)17-18(14,15)16/h1-8H,(H,14,15,16). The molecule has 6 heteroatoms. The van der Waals surface area contributed by atoms with Crippen LogP contribution in [-0.4, -0.2) is 13.0 Å². The summed E-state index contributed by atoms with van der Waals surface area (Å²) in [5, 5.41) is 0. The highest BCUT2D eigenvalue weighted by molar-refractivity contribution is 7.81. The number of hydrogen-bond acceptors (Lipinski definition) is 3. The largest absolute Gasteiger partial charge is 0.446 e. The topological polar surface area (TPSA) is 63.6 Å². The van der Waals surface area contributed by atoms with Crippen molar-refractivity contribution in [2.75, 3.05) is 0 Å². The van der Waals surface area contributed by atoms with Crippen LogP contribution >= 0.6 is 0 Å². The molecule has 2 aromatic rings. The van der Waals surface area contributed by atoms with E-state index in [0.29, 0.717) is 5.56 Å². The normalized spacial score (nSPS) is 11.2. The highest BCUT2D eigenvalue weighted by Crippen LogP contribution is 2.26. The molecule has 0 saturated carbocycles. The summed E-state index contributed by atoms with van der Waals surface area (Å²) in [6.45, 7) is 0. The Bertz CT molecular complexity index is 653. The van der Waals surface area contributed by atoms with Gasteiger partial charge in [-0.15, -0.1) is 0 Å². The van der Waals surface area contributed by atoms with Crippen LogP contribution in [-0.2, 0) is 10.4 Å². The zero-order valence-corrected chi connectivity index (χ0v) is 9.89. The van der Waals surface area contributed by atoms with Crippen LogP contribution in [0.5, 0.6) is 5.75 Å². The predicted molar refractivity (Wildman–Crippen MR) is 64.0 cm³/mol. The van der Waals surface area contributed by atoms with Gasteiger partial charge in [-0.2, -0.15) is 8.42 Å². The molecule has 0 aliphatic carbocycles. The number of benzene rings is 2. The van der Waals surface area contributed by atoms with Crippen LogP contribution < -0.4 is 4.18 Å². The summed E-state index contributed by atoms with van der Waals surface area (Å²) in [4.78, 5) is 0. The Balaban J connectivity index is 2.37. The Morgan fingerprint density at radius 3 is 2.22 bits per heavy atom. The van der Waals surface area contributed by atoms with Crippen LogP contribution in [0.2, 0.25) is 0 Å². The third-order valence-electron chi connectivity index (χ3n) is 2.23. The molecule has 0 bridgehead atoms. The Morgan fingerprint density at radius 2 is 1.67 bits per heavy atom. The molecule has 18 heavy (non-hydrogen) atoms. The first kappa shape index (κ1) is 12.5. The summed E-state index contributed by atoms with van der Waals surface area (Å²) in [6.07, 6.45) is 0. The molecule has 0 radical (unpaired) electrons. The van der Waals surface area contributed by atoms with Crippen molar-refractivity contribution < 1.29 is 21.5 Å². The van der Waals surface area contributed by atoms with Crippen molar-refractivity contribution in [2.24, 2.45) is 0 Å². The molecule has 0 saturated heterocycles. The number of rotatable bonds is 3. The van der Waals surface area contributed by atoms with Crippen LogP contribution in [0.1, 0.15) is 0 Å². The van der Waals surface area contributed by atoms with Crippen molar-refractivity contribution >= 4 is 10.4 Å². The van der Waals surface area contributed by atoms with Gasteiger partial charge in [0.1, 0.15) is 0 Å². The van der Waals surface area contributed by atoms with E-state index in [1.807, 2.05) is 6.07 Å². The minimum atomic E-state index is -4.72. The quantitative estimate of drug-likeness (QED) is 0.869. The van der Waals surface area contributed by atoms with Crippen LogP contribution in [0, 0.1) is 5.82 Å². The molecule has 0 aromatic heterocycles. The van der Waals surface area contributed by atoms with Gasteiger partial charge in [0.05, 0.1) is 0 Å². The Hall–Kier alpha value is -1.92. The fourth-order valence-corrected chi connectivity index (χ4v) is 1.85. The van der Waals surface area contributed by atoms with Crippen LogP contribution in [0.3, 0.4) is 0 Å². The molecule has 94 valence electrons. The van der Waals surface area contributed by atoms with Gasteiger partial charge in [-0.1, -0.05) is 36.4 Å². The summed E-state index contributed by atoms with van der Waals surface area (Å²) in [7, 11) is -4.72. The Morgan fingerprint density at radius 1 is 1.00 bits per heavy atom. The third-order valence-corrected chi connectivity index (χ3v) is 2.62. The van der Waals surface area contributed by atoms with Crippen LogP contribution in [0.4, 0.5) is 4.39 Å². The lowest BCUT2D eigenvalue weighted by molar-refractivity contribution is 0.377. The fraction of sp³-hybridized carbons (Fsp3) is 0. The number of halogens is 1. The summed E-state index contributed by atoms with van der Waals surface area (Å²) in [5.74, 6) is -1.41. The van der Waals surface area contributed by atoms with E-state index in [9.17, 15) is 12.8 Å². The smallest absolute Gasteiger partial charge is 0.359 e. The van der Waals surface area contributed by atoms with Crippen LogP contribution in [0.25, 0.3) is 11.1 Å². The summed E-state index contributed by atoms with van der Waals surface area (Å²) >= 11 is 0. The van der Waals surface area contributed by atoms with Crippen molar-refractivity contribution in [3.63, 3.8) is 0 Å². The van der Waals surface area contributed by atoms with Gasteiger partial charge in [0.15, 0.2) is 11.6 Å². The van der Waals surface area contributed by atoms with E-state index in [4.69, 9.17) is 4.55 Å². The second-order valence-electron chi connectivity index (χ2n) is 3.52. The molecule has 0 heterocycles. The van der Waals surface area contributed by atoms with E-state index in [0.717, 1.165) is 17.7 Å². The minimum Gasteiger partial charge on any atom is -0.359 e. The summed E-state index contributed by atoms with van der Waals surface area (Å²) in [5.41, 5.74) is 1.37. The van der Waals surface area contributed by atoms with E-state index in [1.54, 1.807) is 24.3 Å². The predicted octanol–water partition coefficient (Wildman–Crippen LogP) is 2.67. The second kappa shape index (κ2) is 4.75. The molecule has 0 aliphatic rings. The lowest BCUT2D eigenvalue weighted by Crippen LogP contribution is -2.07. The van der Waals surface area contributed by atoms with E-state index >= 15 is 0 Å². The second-order valence-corrected chi connectivity index (χ2v) is 4.54. The lowest BCUT2D eigenvalue weighted by atomic mass is 10.1. The number of hydrogen-bond donors (Lipinski definition) is 1. The zero-order chi connectivity index (χ0) is 13.2. The highest BCUT2D eigenvalue weighted by atomic mass is 32.3. The Labute approximate surface area is 104 Å². The molecular formula is C12H9FO4S. The van der Waals surface area contributed by atoms with Gasteiger partial charge in [-0.05, 0) is 23.3 Å². The molecule has 1 N–H and O–H groups in total. The van der Waals surface area contributed by atoms with Gasteiger partial charge < -0.3 is 4.18 Å². The molecule has 4 nitrogen and oxygen atoms in total. The first-order valence-corrected chi connectivity index (χ1v) is 6.34. The fourth-order valence-electron chi connectivity index (χ4n) is 1.49. The molecular weight excluding hydrogens is 259 g/mol. The van der Waals surface area contributed by atoms with Gasteiger partial charge >= 0.3 is 10.4 Å². The first-order valence-electron chi connectivity index (χ1n) is 4.97. The third kappa shape index (κ3) is 3.06. The molecule has 2 rings (SSSR count). The van der Waals surface area contributed by atoms with Gasteiger partial charge in [-0.3, -0.25) is 4.55 Å². The molecule has 0 spiro atoms. The molecule has 0 aliphatic heterocycles. The van der Waals surface area contributed by atoms with Gasteiger partial charge in [0, 0.05) is 0 Å². The van der Waals surface area contributed by atoms with Crippen molar-refractivity contribution in [2.45, 2.75) is 0 Å². The van der Waals surface area contributed by atoms with Gasteiger partial charge in [0.25, 0.3) is 0 Å². The average Bonchev–Trinajstić information content (AvgIpc) is 2.31. The molecule has 0 amide bonds. The SMILES string of the molecule is O=S(=O)(O)Oc1ccc(-c2ccccc2)cc1F. The summed E-state index contributed by atoms with van der Waals surface area (Å²) < 4.78 is 47.1. The van der Waals surface area contributed by atoms with E-state index in [2.05, 4.69) is 4.18 Å².